The number of hydrogen-bond acceptors (Lipinski definition) is 7. The van der Waals surface area contributed by atoms with Crippen LogP contribution in [0.3, 0.4) is 0 Å². The first-order valence-corrected chi connectivity index (χ1v) is 11.7. The molecule has 0 unspecified atom stereocenters. The third kappa shape index (κ3) is 6.20. The molecule has 0 atom stereocenters. The Morgan fingerprint density at radius 3 is 2.48 bits per heavy atom. The molecule has 3 N–H and O–H groups in total. The van der Waals surface area contributed by atoms with Crippen LogP contribution in [0.2, 0.25) is 0 Å². The highest BCUT2D eigenvalue weighted by atomic mass is 32.2. The summed E-state index contributed by atoms with van der Waals surface area (Å²) >= 11 is 1.56. The van der Waals surface area contributed by atoms with Gasteiger partial charge in [-0.25, -0.2) is 18.4 Å². The second-order valence-corrected chi connectivity index (χ2v) is 9.18. The quantitative estimate of drug-likeness (QED) is 0.497. The van der Waals surface area contributed by atoms with Crippen molar-refractivity contribution in [2.75, 3.05) is 13.2 Å². The summed E-state index contributed by atoms with van der Waals surface area (Å²) in [6.07, 6.45) is 0.484. The molecule has 0 saturated carbocycles. The number of carbonyl (C=O) groups is 2. The van der Waals surface area contributed by atoms with Crippen LogP contribution < -0.4 is 10.5 Å². The predicted molar refractivity (Wildman–Crippen MR) is 117 cm³/mol. The second kappa shape index (κ2) is 9.82. The molecule has 0 aliphatic rings. The van der Waals surface area contributed by atoms with Gasteiger partial charge in [0.25, 0.3) is 5.91 Å². The largest absolute Gasteiger partial charge is 0.452 e. The zero-order chi connectivity index (χ0) is 22.4. The topological polar surface area (TPSA) is 128 Å². The Morgan fingerprint density at radius 2 is 1.87 bits per heavy atom. The number of aromatic nitrogens is 1. The first-order chi connectivity index (χ1) is 14.7. The molecular weight excluding hydrogens is 438 g/mol. The zero-order valence-corrected chi connectivity index (χ0v) is 18.3. The normalized spacial score (nSPS) is 11.2. The zero-order valence-electron chi connectivity index (χ0n) is 16.7. The highest BCUT2D eigenvalue weighted by molar-refractivity contribution is 7.89. The molecule has 0 aliphatic carbocycles. The number of carbonyl (C=O) groups excluding carboxylic acids is 2. The Labute approximate surface area is 184 Å². The minimum Gasteiger partial charge on any atom is -0.452 e. The molecule has 3 aromatic rings. The monoisotopic (exact) mass is 459 g/mol. The van der Waals surface area contributed by atoms with Gasteiger partial charge < -0.3 is 10.1 Å². The van der Waals surface area contributed by atoms with Crippen LogP contribution in [-0.4, -0.2) is 38.4 Å². The number of ether oxygens (including phenoxy) is 1. The maximum Gasteiger partial charge on any atom is 0.340 e. The van der Waals surface area contributed by atoms with E-state index >= 15 is 0 Å². The van der Waals surface area contributed by atoms with Gasteiger partial charge in [-0.2, -0.15) is 0 Å². The average Bonchev–Trinajstić information content (AvgIpc) is 3.26. The summed E-state index contributed by atoms with van der Waals surface area (Å²) in [7, 11) is -3.73. The van der Waals surface area contributed by atoms with E-state index in [9.17, 15) is 18.0 Å². The summed E-state index contributed by atoms with van der Waals surface area (Å²) in [6, 6.07) is 13.3. The van der Waals surface area contributed by atoms with Gasteiger partial charge in [0, 0.05) is 6.54 Å². The van der Waals surface area contributed by atoms with Crippen molar-refractivity contribution in [1.29, 1.82) is 0 Å². The maximum atomic E-state index is 12.3. The number of esters is 1. The lowest BCUT2D eigenvalue weighted by atomic mass is 10.1. The molecule has 2 heterocycles. The Kier molecular flexibility index (Phi) is 7.16. The van der Waals surface area contributed by atoms with Crippen molar-refractivity contribution in [3.05, 3.63) is 70.7 Å². The summed E-state index contributed by atoms with van der Waals surface area (Å²) in [5.74, 6) is -1.05. The highest BCUT2D eigenvalue weighted by Crippen LogP contribution is 2.24. The van der Waals surface area contributed by atoms with Gasteiger partial charge in [0.2, 0.25) is 10.0 Å². The molecule has 1 aromatic carbocycles. The number of benzene rings is 1. The number of aryl methyl sites for hydroxylation is 1. The van der Waals surface area contributed by atoms with Gasteiger partial charge in [0.15, 0.2) is 6.61 Å². The van der Waals surface area contributed by atoms with E-state index < -0.39 is 28.5 Å². The van der Waals surface area contributed by atoms with Crippen molar-refractivity contribution in [3.8, 4) is 10.6 Å². The third-order valence-corrected chi connectivity index (χ3v) is 6.22. The molecule has 0 saturated heterocycles. The first-order valence-electron chi connectivity index (χ1n) is 9.31. The SMILES string of the molecule is Cc1nc(-c2cccs2)ccc1C(=O)OCC(=O)NCCc1ccc(S(N)(=O)=O)cc1. The fourth-order valence-electron chi connectivity index (χ4n) is 2.79. The lowest BCUT2D eigenvalue weighted by molar-refractivity contribution is -0.124. The fourth-order valence-corrected chi connectivity index (χ4v) is 4.00. The molecular formula is C21H21N3O5S2. The molecule has 2 aromatic heterocycles. The lowest BCUT2D eigenvalue weighted by Crippen LogP contribution is -2.30. The van der Waals surface area contributed by atoms with Crippen LogP contribution in [0.25, 0.3) is 10.6 Å². The van der Waals surface area contributed by atoms with Crippen molar-refractivity contribution in [3.63, 3.8) is 0 Å². The number of hydrogen-bond donors (Lipinski definition) is 2. The van der Waals surface area contributed by atoms with Crippen LogP contribution in [0, 0.1) is 6.92 Å². The Hall–Kier alpha value is -3.08. The number of thiophene rings is 1. The fraction of sp³-hybridized carbons (Fsp3) is 0.190. The van der Waals surface area contributed by atoms with Crippen molar-refractivity contribution in [1.82, 2.24) is 10.3 Å². The summed E-state index contributed by atoms with van der Waals surface area (Å²) in [5.41, 5.74) is 2.44. The number of nitrogens with one attached hydrogen (secondary N) is 1. The molecule has 0 aliphatic heterocycles. The lowest BCUT2D eigenvalue weighted by Gasteiger charge is -2.09. The van der Waals surface area contributed by atoms with Crippen LogP contribution >= 0.6 is 11.3 Å². The van der Waals surface area contributed by atoms with Crippen LogP contribution in [0.4, 0.5) is 0 Å². The molecule has 0 spiro atoms. The Morgan fingerprint density at radius 1 is 1.13 bits per heavy atom. The van der Waals surface area contributed by atoms with Crippen molar-refractivity contribution < 1.29 is 22.7 Å². The average molecular weight is 460 g/mol. The molecule has 1 amide bonds. The van der Waals surface area contributed by atoms with Gasteiger partial charge >= 0.3 is 5.97 Å². The second-order valence-electron chi connectivity index (χ2n) is 6.67. The van der Waals surface area contributed by atoms with E-state index in [0.29, 0.717) is 24.2 Å². The van der Waals surface area contributed by atoms with Crippen LogP contribution in [-0.2, 0) is 26.0 Å². The van der Waals surface area contributed by atoms with Crippen molar-refractivity contribution >= 4 is 33.2 Å². The predicted octanol–water partition coefficient (Wildman–Crippen LogP) is 2.28. The van der Waals surface area contributed by atoms with Crippen LogP contribution in [0.1, 0.15) is 21.6 Å². The standard InChI is InChI=1S/C21H21N3O5S2/c1-14-17(8-9-18(24-14)19-3-2-12-30-19)21(26)29-13-20(25)23-11-10-15-4-6-16(7-5-15)31(22,27)28/h2-9,12H,10-11,13H2,1H3,(H,23,25)(H2,22,27,28). The minimum atomic E-state index is -3.73. The van der Waals surface area contributed by atoms with Crippen LogP contribution in [0.15, 0.2) is 58.8 Å². The molecule has 0 bridgehead atoms. The summed E-state index contributed by atoms with van der Waals surface area (Å²) in [4.78, 5) is 29.7. The third-order valence-electron chi connectivity index (χ3n) is 4.40. The molecule has 0 radical (unpaired) electrons. The Bertz CT molecular complexity index is 1170. The molecule has 10 heteroatoms. The van der Waals surface area contributed by atoms with Gasteiger partial charge in [-0.15, -0.1) is 11.3 Å². The number of amides is 1. The molecule has 31 heavy (non-hydrogen) atoms. The van der Waals surface area contributed by atoms with Gasteiger partial charge in [-0.3, -0.25) is 9.78 Å². The van der Waals surface area contributed by atoms with Gasteiger partial charge in [-0.05, 0) is 54.6 Å². The molecule has 8 nitrogen and oxygen atoms in total. The molecule has 162 valence electrons. The number of rotatable bonds is 8. The molecule has 3 rings (SSSR count). The van der Waals surface area contributed by atoms with E-state index in [2.05, 4.69) is 10.3 Å². The van der Waals surface area contributed by atoms with Gasteiger partial charge in [0.1, 0.15) is 0 Å². The number of nitrogens with two attached hydrogens (primary N) is 1. The number of nitrogens with zero attached hydrogens (tertiary/aromatic N) is 1. The summed E-state index contributed by atoms with van der Waals surface area (Å²) in [6.45, 7) is 1.62. The summed E-state index contributed by atoms with van der Waals surface area (Å²) < 4.78 is 27.6. The van der Waals surface area contributed by atoms with Crippen molar-refractivity contribution in [2.45, 2.75) is 18.2 Å². The van der Waals surface area contributed by atoms with E-state index in [4.69, 9.17) is 9.88 Å². The van der Waals surface area contributed by atoms with Gasteiger partial charge in [0.05, 0.1) is 26.7 Å². The van der Waals surface area contributed by atoms with Crippen molar-refractivity contribution in [2.24, 2.45) is 5.14 Å². The van der Waals surface area contributed by atoms with E-state index in [0.717, 1.165) is 16.1 Å². The molecule has 0 fully saturated rings. The smallest absolute Gasteiger partial charge is 0.340 e. The van der Waals surface area contributed by atoms with E-state index in [1.54, 1.807) is 42.5 Å². The first kappa shape index (κ1) is 22.6. The maximum absolute atomic E-state index is 12.3. The number of primary sulfonamides is 1. The Balaban J connectivity index is 1.45. The highest BCUT2D eigenvalue weighted by Gasteiger charge is 2.15. The number of sulfonamides is 1. The van der Waals surface area contributed by atoms with E-state index in [1.165, 1.54) is 12.1 Å². The van der Waals surface area contributed by atoms with Gasteiger partial charge in [-0.1, -0.05) is 18.2 Å². The minimum absolute atomic E-state index is 0.0282. The van der Waals surface area contributed by atoms with E-state index in [-0.39, 0.29) is 4.90 Å². The van der Waals surface area contributed by atoms with E-state index in [1.807, 2.05) is 17.5 Å². The van der Waals surface area contributed by atoms with Crippen LogP contribution in [0.5, 0.6) is 0 Å². The summed E-state index contributed by atoms with van der Waals surface area (Å²) in [5, 5.41) is 9.66. The number of pyridine rings is 1.